The van der Waals surface area contributed by atoms with Crippen molar-refractivity contribution < 1.29 is 0 Å². The van der Waals surface area contributed by atoms with Gasteiger partial charge in [0.25, 0.3) is 0 Å². The van der Waals surface area contributed by atoms with Crippen LogP contribution >= 0.6 is 23.1 Å². The number of amidine groups is 1. The Labute approximate surface area is 61.3 Å². The molecule has 0 spiro atoms. The molecule has 48 valence electrons. The molecule has 0 amide bonds. The quantitative estimate of drug-likeness (QED) is 0.370. The topological polar surface area (TPSA) is 48.8 Å². The largest absolute Gasteiger partial charge is 0.281 e. The molecule has 0 bridgehead atoms. The van der Waals surface area contributed by atoms with Crippen LogP contribution in [-0.4, -0.2) is 10.8 Å². The van der Waals surface area contributed by atoms with Gasteiger partial charge < -0.3 is 0 Å². The van der Waals surface area contributed by atoms with Crippen LogP contribution in [0.1, 0.15) is 5.01 Å². The van der Waals surface area contributed by atoms with Crippen molar-refractivity contribution >= 4 is 28.9 Å². The van der Waals surface area contributed by atoms with Crippen LogP contribution in [0.3, 0.4) is 0 Å². The van der Waals surface area contributed by atoms with E-state index in [0.29, 0.717) is 5.01 Å². The fraction of sp³-hybridized carbons (Fsp3) is 0. The lowest BCUT2D eigenvalue weighted by Crippen LogP contribution is -2.11. The van der Waals surface area contributed by atoms with Crippen molar-refractivity contribution in [3.8, 4) is 0 Å². The second kappa shape index (κ2) is 2.80. The van der Waals surface area contributed by atoms with Crippen LogP contribution in [0.2, 0.25) is 0 Å². The second-order valence-corrected chi connectivity index (χ2v) is 2.39. The Hall–Kier alpha value is -0.610. The summed E-state index contributed by atoms with van der Waals surface area (Å²) in [5.74, 6) is 0.145. The van der Waals surface area contributed by atoms with E-state index in [9.17, 15) is 0 Å². The van der Waals surface area contributed by atoms with Gasteiger partial charge in [0.1, 0.15) is 0 Å². The Balaban J connectivity index is 2.77. The Kier molecular flexibility index (Phi) is 2.02. The average Bonchev–Trinajstić information content (AvgIpc) is 2.37. The van der Waals surface area contributed by atoms with Crippen molar-refractivity contribution in [2.45, 2.75) is 0 Å². The smallest absolute Gasteiger partial charge is 0.169 e. The molecule has 0 aliphatic heterocycles. The first kappa shape index (κ1) is 6.51. The van der Waals surface area contributed by atoms with E-state index in [1.54, 1.807) is 11.6 Å². The fourth-order valence-electron chi connectivity index (χ4n) is 0.387. The summed E-state index contributed by atoms with van der Waals surface area (Å²) in [6, 6.07) is 0. The highest BCUT2D eigenvalue weighted by molar-refractivity contribution is 7.11. The highest BCUT2D eigenvalue weighted by Crippen LogP contribution is 2.02. The summed E-state index contributed by atoms with van der Waals surface area (Å²) in [5.41, 5.74) is 0. The first-order chi connectivity index (χ1) is 4.34. The van der Waals surface area contributed by atoms with Gasteiger partial charge in [0.05, 0.1) is 0 Å². The Morgan fingerprint density at radius 2 is 2.67 bits per heavy atom. The summed E-state index contributed by atoms with van der Waals surface area (Å²) in [7, 11) is 0. The van der Waals surface area contributed by atoms with Gasteiger partial charge in [0.2, 0.25) is 0 Å². The second-order valence-electron chi connectivity index (χ2n) is 1.31. The van der Waals surface area contributed by atoms with Gasteiger partial charge in [-0.3, -0.25) is 10.2 Å². The minimum Gasteiger partial charge on any atom is -0.281 e. The van der Waals surface area contributed by atoms with Gasteiger partial charge in [0.15, 0.2) is 10.8 Å². The summed E-state index contributed by atoms with van der Waals surface area (Å²) < 4.78 is 0. The molecule has 5 heteroatoms. The number of hydrogen-bond acceptors (Lipinski definition) is 3. The summed E-state index contributed by atoms with van der Waals surface area (Å²) >= 11 is 6.51. The highest BCUT2D eigenvalue weighted by Gasteiger charge is 1.99. The van der Waals surface area contributed by atoms with Gasteiger partial charge in [0, 0.05) is 23.4 Å². The molecular formula is C4H4ClN3S. The Bertz CT molecular complexity index is 196. The Morgan fingerprint density at radius 1 is 1.89 bits per heavy atom. The summed E-state index contributed by atoms with van der Waals surface area (Å²) in [4.78, 5) is 6.00. The molecule has 0 aliphatic rings. The predicted octanol–water partition coefficient (Wildman–Crippen LogP) is 1.21. The van der Waals surface area contributed by atoms with Gasteiger partial charge in [-0.25, -0.2) is 4.98 Å². The van der Waals surface area contributed by atoms with Gasteiger partial charge >= 0.3 is 0 Å². The number of halogens is 1. The van der Waals surface area contributed by atoms with Crippen LogP contribution in [0.5, 0.6) is 0 Å². The van der Waals surface area contributed by atoms with E-state index in [-0.39, 0.29) is 5.84 Å². The zero-order valence-electron chi connectivity index (χ0n) is 4.39. The molecule has 1 aromatic heterocycles. The summed E-state index contributed by atoms with van der Waals surface area (Å²) in [6.07, 6.45) is 1.63. The molecule has 1 heterocycles. The van der Waals surface area contributed by atoms with Gasteiger partial charge in [-0.1, -0.05) is 0 Å². The monoisotopic (exact) mass is 161 g/mol. The number of aromatic nitrogens is 1. The lowest BCUT2D eigenvalue weighted by Gasteiger charge is -1.90. The normalized spacial score (nSPS) is 9.00. The first-order valence-corrected chi connectivity index (χ1v) is 3.45. The van der Waals surface area contributed by atoms with Crippen molar-refractivity contribution in [3.63, 3.8) is 0 Å². The van der Waals surface area contributed by atoms with Crippen LogP contribution in [0.25, 0.3) is 0 Å². The Morgan fingerprint density at radius 3 is 3.11 bits per heavy atom. The molecular weight excluding hydrogens is 158 g/mol. The van der Waals surface area contributed by atoms with Crippen LogP contribution in [0.4, 0.5) is 0 Å². The van der Waals surface area contributed by atoms with Crippen molar-refractivity contribution in [1.29, 1.82) is 5.41 Å². The van der Waals surface area contributed by atoms with Crippen LogP contribution in [-0.2, 0) is 0 Å². The highest BCUT2D eigenvalue weighted by atomic mass is 35.5. The third-order valence-corrected chi connectivity index (χ3v) is 1.72. The SMILES string of the molecule is N=C(NCl)c1nccs1. The third kappa shape index (κ3) is 1.40. The molecule has 0 fully saturated rings. The van der Waals surface area contributed by atoms with Gasteiger partial charge in [-0.05, 0) is 0 Å². The molecule has 1 rings (SSSR count). The molecule has 0 aromatic carbocycles. The van der Waals surface area contributed by atoms with Crippen molar-refractivity contribution in [1.82, 2.24) is 9.82 Å². The van der Waals surface area contributed by atoms with E-state index >= 15 is 0 Å². The van der Waals surface area contributed by atoms with E-state index in [0.717, 1.165) is 0 Å². The molecule has 2 N–H and O–H groups in total. The summed E-state index contributed by atoms with van der Waals surface area (Å²) in [5, 5.41) is 9.49. The molecule has 0 aliphatic carbocycles. The molecule has 9 heavy (non-hydrogen) atoms. The minimum atomic E-state index is 0.145. The molecule has 0 saturated carbocycles. The number of hydrogen-bond donors (Lipinski definition) is 2. The van der Waals surface area contributed by atoms with E-state index in [4.69, 9.17) is 17.2 Å². The molecule has 0 radical (unpaired) electrons. The number of thiazole rings is 1. The van der Waals surface area contributed by atoms with Gasteiger partial charge in [-0.15, -0.1) is 11.3 Å². The minimum absolute atomic E-state index is 0.145. The van der Waals surface area contributed by atoms with Crippen LogP contribution in [0.15, 0.2) is 11.6 Å². The molecule has 1 aromatic rings. The number of nitrogens with one attached hydrogen (secondary N) is 2. The third-order valence-electron chi connectivity index (χ3n) is 0.741. The van der Waals surface area contributed by atoms with E-state index < -0.39 is 0 Å². The van der Waals surface area contributed by atoms with Crippen molar-refractivity contribution in [2.75, 3.05) is 0 Å². The maximum atomic E-state index is 7.10. The zero-order valence-corrected chi connectivity index (χ0v) is 5.96. The lowest BCUT2D eigenvalue weighted by molar-refractivity contribution is 1.29. The first-order valence-electron chi connectivity index (χ1n) is 2.19. The van der Waals surface area contributed by atoms with Crippen molar-refractivity contribution in [2.24, 2.45) is 0 Å². The van der Waals surface area contributed by atoms with Crippen LogP contribution < -0.4 is 4.84 Å². The fourth-order valence-corrected chi connectivity index (χ4v) is 1.07. The van der Waals surface area contributed by atoms with Gasteiger partial charge in [-0.2, -0.15) is 0 Å². The average molecular weight is 162 g/mol. The molecule has 0 saturated heterocycles. The maximum Gasteiger partial charge on any atom is 0.169 e. The number of nitrogens with zero attached hydrogens (tertiary/aromatic N) is 1. The van der Waals surface area contributed by atoms with E-state index in [1.165, 1.54) is 11.3 Å². The van der Waals surface area contributed by atoms with Crippen LogP contribution in [0, 0.1) is 5.41 Å². The lowest BCUT2D eigenvalue weighted by atomic mass is 10.6. The molecule has 3 nitrogen and oxygen atoms in total. The van der Waals surface area contributed by atoms with E-state index in [1.807, 2.05) is 0 Å². The molecule has 0 atom stereocenters. The standard InChI is InChI=1S/C4H4ClN3S/c5-8-3(6)4-7-1-2-9-4/h1-2H,(H2,6,8). The molecule has 0 unspecified atom stereocenters. The number of rotatable bonds is 1. The van der Waals surface area contributed by atoms with E-state index in [2.05, 4.69) is 9.82 Å². The summed E-state index contributed by atoms with van der Waals surface area (Å²) in [6.45, 7) is 0. The maximum absolute atomic E-state index is 7.10. The van der Waals surface area contributed by atoms with Crippen molar-refractivity contribution in [3.05, 3.63) is 16.6 Å². The predicted molar refractivity (Wildman–Crippen MR) is 37.9 cm³/mol. The zero-order chi connectivity index (χ0) is 6.69.